The Kier molecular flexibility index (Phi) is 5.62. The highest BCUT2D eigenvalue weighted by atomic mass is 15.1. The van der Waals surface area contributed by atoms with Crippen LogP contribution in [-0.4, -0.2) is 37.1 Å². The smallest absolute Gasteiger partial charge is 0.0107 e. The van der Waals surface area contributed by atoms with Gasteiger partial charge in [-0.15, -0.1) is 0 Å². The van der Waals surface area contributed by atoms with Crippen molar-refractivity contribution in [3.05, 3.63) is 0 Å². The maximum absolute atomic E-state index is 3.63. The van der Waals surface area contributed by atoms with Gasteiger partial charge in [-0.3, -0.25) is 0 Å². The summed E-state index contributed by atoms with van der Waals surface area (Å²) >= 11 is 0. The number of nitrogens with one attached hydrogen (secondary N) is 1. The standard InChI is InChI=1S/C13H28N2/c1-11(2)15(4)9-8-14-12(3)10-13-6-5-7-13/h11-14H,5-10H2,1-4H3. The largest absolute Gasteiger partial charge is 0.313 e. The molecule has 1 atom stereocenters. The third kappa shape index (κ3) is 4.98. The average molecular weight is 212 g/mol. The van der Waals surface area contributed by atoms with Gasteiger partial charge in [0.2, 0.25) is 0 Å². The minimum Gasteiger partial charge on any atom is -0.313 e. The van der Waals surface area contributed by atoms with Gasteiger partial charge in [-0.2, -0.15) is 0 Å². The van der Waals surface area contributed by atoms with E-state index in [-0.39, 0.29) is 0 Å². The first-order valence-corrected chi connectivity index (χ1v) is 6.53. The summed E-state index contributed by atoms with van der Waals surface area (Å²) in [5, 5.41) is 3.63. The minimum absolute atomic E-state index is 0.661. The van der Waals surface area contributed by atoms with Gasteiger partial charge in [0.05, 0.1) is 0 Å². The Hall–Kier alpha value is -0.0800. The molecule has 15 heavy (non-hydrogen) atoms. The summed E-state index contributed by atoms with van der Waals surface area (Å²) in [6.07, 6.45) is 5.79. The minimum atomic E-state index is 0.661. The summed E-state index contributed by atoms with van der Waals surface area (Å²) in [4.78, 5) is 2.39. The molecule has 0 amide bonds. The summed E-state index contributed by atoms with van der Waals surface area (Å²) < 4.78 is 0. The van der Waals surface area contributed by atoms with Gasteiger partial charge < -0.3 is 10.2 Å². The Labute approximate surface area is 95.4 Å². The van der Waals surface area contributed by atoms with E-state index in [0.717, 1.165) is 19.0 Å². The summed E-state index contributed by atoms with van der Waals surface area (Å²) in [5.41, 5.74) is 0. The van der Waals surface area contributed by atoms with Crippen molar-refractivity contribution < 1.29 is 0 Å². The zero-order valence-electron chi connectivity index (χ0n) is 10.9. The maximum atomic E-state index is 3.63. The van der Waals surface area contributed by atoms with E-state index in [4.69, 9.17) is 0 Å². The van der Waals surface area contributed by atoms with E-state index in [0.29, 0.717) is 12.1 Å². The monoisotopic (exact) mass is 212 g/mol. The number of rotatable bonds is 7. The van der Waals surface area contributed by atoms with E-state index >= 15 is 0 Å². The van der Waals surface area contributed by atoms with Gasteiger partial charge >= 0.3 is 0 Å². The van der Waals surface area contributed by atoms with Crippen LogP contribution in [-0.2, 0) is 0 Å². The molecule has 0 spiro atoms. The molecule has 1 N–H and O–H groups in total. The lowest BCUT2D eigenvalue weighted by molar-refractivity contribution is 0.246. The van der Waals surface area contributed by atoms with Crippen molar-refractivity contribution in [1.29, 1.82) is 0 Å². The molecule has 2 nitrogen and oxygen atoms in total. The Bertz CT molecular complexity index is 164. The summed E-state index contributed by atoms with van der Waals surface area (Å²) in [6, 6.07) is 1.37. The highest BCUT2D eigenvalue weighted by Gasteiger charge is 2.19. The van der Waals surface area contributed by atoms with E-state index in [1.54, 1.807) is 0 Å². The highest BCUT2D eigenvalue weighted by molar-refractivity contribution is 4.75. The first-order chi connectivity index (χ1) is 7.09. The van der Waals surface area contributed by atoms with Gasteiger partial charge in [-0.25, -0.2) is 0 Å². The Morgan fingerprint density at radius 2 is 1.93 bits per heavy atom. The second kappa shape index (κ2) is 6.49. The number of hydrogen-bond acceptors (Lipinski definition) is 2. The maximum Gasteiger partial charge on any atom is 0.0107 e. The van der Waals surface area contributed by atoms with E-state index in [9.17, 15) is 0 Å². The molecule has 1 saturated carbocycles. The topological polar surface area (TPSA) is 15.3 Å². The lowest BCUT2D eigenvalue weighted by Crippen LogP contribution is -2.38. The summed E-state index contributed by atoms with van der Waals surface area (Å²) in [7, 11) is 2.20. The van der Waals surface area contributed by atoms with E-state index in [1.807, 2.05) is 0 Å². The Morgan fingerprint density at radius 1 is 1.27 bits per heavy atom. The van der Waals surface area contributed by atoms with Crippen LogP contribution in [0.15, 0.2) is 0 Å². The third-order valence-corrected chi connectivity index (χ3v) is 3.75. The van der Waals surface area contributed by atoms with E-state index < -0.39 is 0 Å². The van der Waals surface area contributed by atoms with Gasteiger partial charge in [0, 0.05) is 25.2 Å². The van der Waals surface area contributed by atoms with E-state index in [2.05, 4.69) is 38.0 Å². The molecule has 0 heterocycles. The van der Waals surface area contributed by atoms with Gasteiger partial charge in [-0.05, 0) is 40.2 Å². The summed E-state index contributed by atoms with van der Waals surface area (Å²) in [5.74, 6) is 1.02. The molecule has 0 radical (unpaired) electrons. The predicted molar refractivity (Wildman–Crippen MR) is 67.2 cm³/mol. The summed E-state index contributed by atoms with van der Waals surface area (Å²) in [6.45, 7) is 9.11. The van der Waals surface area contributed by atoms with Crippen LogP contribution in [0.3, 0.4) is 0 Å². The van der Waals surface area contributed by atoms with Crippen molar-refractivity contribution in [2.75, 3.05) is 20.1 Å². The van der Waals surface area contributed by atoms with Crippen molar-refractivity contribution in [2.24, 2.45) is 5.92 Å². The first-order valence-electron chi connectivity index (χ1n) is 6.53. The predicted octanol–water partition coefficient (Wildman–Crippen LogP) is 2.49. The van der Waals surface area contributed by atoms with Gasteiger partial charge in [0.1, 0.15) is 0 Å². The van der Waals surface area contributed by atoms with Crippen LogP contribution in [0.1, 0.15) is 46.5 Å². The zero-order chi connectivity index (χ0) is 11.3. The lowest BCUT2D eigenvalue weighted by atomic mass is 9.81. The molecule has 1 aliphatic carbocycles. The van der Waals surface area contributed by atoms with Crippen LogP contribution in [0.2, 0.25) is 0 Å². The molecule has 0 aromatic carbocycles. The molecule has 0 aliphatic heterocycles. The van der Waals surface area contributed by atoms with Gasteiger partial charge in [-0.1, -0.05) is 19.3 Å². The van der Waals surface area contributed by atoms with Crippen LogP contribution in [0.4, 0.5) is 0 Å². The average Bonchev–Trinajstić information content (AvgIpc) is 2.11. The van der Waals surface area contributed by atoms with Crippen molar-refractivity contribution in [3.8, 4) is 0 Å². The highest BCUT2D eigenvalue weighted by Crippen LogP contribution is 2.30. The Balaban J connectivity index is 1.98. The van der Waals surface area contributed by atoms with Crippen LogP contribution in [0.5, 0.6) is 0 Å². The molecular formula is C13H28N2. The molecule has 0 aromatic heterocycles. The van der Waals surface area contributed by atoms with Crippen LogP contribution in [0.25, 0.3) is 0 Å². The lowest BCUT2D eigenvalue weighted by Gasteiger charge is -2.29. The first kappa shape index (κ1) is 13.0. The SMILES string of the molecule is CC(CC1CCC1)NCCN(C)C(C)C. The molecule has 90 valence electrons. The van der Waals surface area contributed by atoms with E-state index in [1.165, 1.54) is 25.7 Å². The second-order valence-corrected chi connectivity index (χ2v) is 5.46. The van der Waals surface area contributed by atoms with Crippen molar-refractivity contribution >= 4 is 0 Å². The molecule has 2 heteroatoms. The van der Waals surface area contributed by atoms with Gasteiger partial charge in [0.25, 0.3) is 0 Å². The second-order valence-electron chi connectivity index (χ2n) is 5.46. The normalized spacial score (nSPS) is 19.6. The number of nitrogens with zero attached hydrogens (tertiary/aromatic N) is 1. The van der Waals surface area contributed by atoms with Crippen molar-refractivity contribution in [1.82, 2.24) is 10.2 Å². The van der Waals surface area contributed by atoms with Crippen LogP contribution >= 0.6 is 0 Å². The zero-order valence-corrected chi connectivity index (χ0v) is 10.9. The number of hydrogen-bond donors (Lipinski definition) is 1. The third-order valence-electron chi connectivity index (χ3n) is 3.75. The molecule has 1 unspecified atom stereocenters. The molecular weight excluding hydrogens is 184 g/mol. The van der Waals surface area contributed by atoms with Crippen molar-refractivity contribution in [2.45, 2.75) is 58.5 Å². The molecule has 1 fully saturated rings. The van der Waals surface area contributed by atoms with Gasteiger partial charge in [0.15, 0.2) is 0 Å². The fourth-order valence-electron chi connectivity index (χ4n) is 2.06. The fourth-order valence-corrected chi connectivity index (χ4v) is 2.06. The van der Waals surface area contributed by atoms with Crippen molar-refractivity contribution in [3.63, 3.8) is 0 Å². The molecule has 1 rings (SSSR count). The van der Waals surface area contributed by atoms with Crippen LogP contribution in [0, 0.1) is 5.92 Å². The Morgan fingerprint density at radius 3 is 2.40 bits per heavy atom. The molecule has 0 saturated heterocycles. The number of likely N-dealkylation sites (N-methyl/N-ethyl adjacent to an activating group) is 1. The fraction of sp³-hybridized carbons (Fsp3) is 1.00. The van der Waals surface area contributed by atoms with Crippen LogP contribution < -0.4 is 5.32 Å². The molecule has 1 aliphatic rings. The quantitative estimate of drug-likeness (QED) is 0.697. The molecule has 0 bridgehead atoms. The molecule has 0 aromatic rings.